The van der Waals surface area contributed by atoms with Crippen LogP contribution in [0.2, 0.25) is 0 Å². The zero-order chi connectivity index (χ0) is 16.4. The standard InChI is InChI=1S/C22H36N/c1-2-3-4-5-6-7-8-9-10-11-12-13-14-18-21-23-22-19-16-15-17-20-22/h16-21,23H,2-14H2,1H3. The first-order valence-corrected chi connectivity index (χ1v) is 9.81. The van der Waals surface area contributed by atoms with Crippen LogP contribution in [0.15, 0.2) is 36.5 Å². The Morgan fingerprint density at radius 3 is 1.87 bits per heavy atom. The van der Waals surface area contributed by atoms with Crippen LogP contribution in [-0.4, -0.2) is 0 Å². The van der Waals surface area contributed by atoms with Crippen LogP contribution in [0.3, 0.4) is 0 Å². The van der Waals surface area contributed by atoms with E-state index in [1.807, 2.05) is 24.3 Å². The Kier molecular flexibility index (Phi) is 13.5. The fraction of sp³-hybridized carbons (Fsp3) is 0.636. The second kappa shape index (κ2) is 15.6. The van der Waals surface area contributed by atoms with Crippen molar-refractivity contribution in [3.05, 3.63) is 42.6 Å². The Hall–Kier alpha value is -1.24. The summed E-state index contributed by atoms with van der Waals surface area (Å²) in [6.07, 6.45) is 22.5. The molecule has 0 saturated heterocycles. The third-order valence-electron chi connectivity index (χ3n) is 4.31. The Balaban J connectivity index is 1.78. The largest absolute Gasteiger partial charge is 0.362 e. The topological polar surface area (TPSA) is 12.0 Å². The lowest BCUT2D eigenvalue weighted by Crippen LogP contribution is -1.86. The van der Waals surface area contributed by atoms with Crippen molar-refractivity contribution < 1.29 is 0 Å². The normalized spacial score (nSPS) is 11.2. The predicted octanol–water partition coefficient (Wildman–Crippen LogP) is 7.50. The Morgan fingerprint density at radius 2 is 1.30 bits per heavy atom. The van der Waals surface area contributed by atoms with Crippen LogP contribution in [-0.2, 0) is 0 Å². The van der Waals surface area contributed by atoms with Gasteiger partial charge in [-0.3, -0.25) is 0 Å². The van der Waals surface area contributed by atoms with E-state index >= 15 is 0 Å². The van der Waals surface area contributed by atoms with Crippen LogP contribution in [0.4, 0.5) is 5.69 Å². The molecule has 1 rings (SSSR count). The average molecular weight is 315 g/mol. The second-order valence-electron chi connectivity index (χ2n) is 6.51. The zero-order valence-corrected chi connectivity index (χ0v) is 15.2. The van der Waals surface area contributed by atoms with Gasteiger partial charge in [0, 0.05) is 5.69 Å². The molecular weight excluding hydrogens is 278 g/mol. The molecule has 0 bridgehead atoms. The first-order chi connectivity index (χ1) is 11.4. The highest BCUT2D eigenvalue weighted by atomic mass is 14.8. The van der Waals surface area contributed by atoms with Crippen molar-refractivity contribution in [3.8, 4) is 0 Å². The first-order valence-electron chi connectivity index (χ1n) is 9.81. The Bertz CT molecular complexity index is 369. The van der Waals surface area contributed by atoms with Crippen LogP contribution < -0.4 is 5.32 Å². The Morgan fingerprint density at radius 1 is 0.783 bits per heavy atom. The minimum Gasteiger partial charge on any atom is -0.362 e. The van der Waals surface area contributed by atoms with Crippen molar-refractivity contribution in [2.75, 3.05) is 5.32 Å². The van der Waals surface area contributed by atoms with Gasteiger partial charge in [-0.05, 0) is 37.2 Å². The van der Waals surface area contributed by atoms with Crippen molar-refractivity contribution in [2.24, 2.45) is 0 Å². The summed E-state index contributed by atoms with van der Waals surface area (Å²) in [7, 11) is 0. The van der Waals surface area contributed by atoms with Crippen LogP contribution in [0.1, 0.15) is 90.4 Å². The third kappa shape index (κ3) is 12.9. The number of allylic oxidation sites excluding steroid dienone is 1. The maximum absolute atomic E-state index is 3.29. The molecule has 0 aliphatic rings. The van der Waals surface area contributed by atoms with Crippen molar-refractivity contribution in [2.45, 2.75) is 90.4 Å². The van der Waals surface area contributed by atoms with Gasteiger partial charge in [0.15, 0.2) is 0 Å². The predicted molar refractivity (Wildman–Crippen MR) is 104 cm³/mol. The molecule has 1 aromatic rings. The van der Waals surface area contributed by atoms with E-state index < -0.39 is 0 Å². The minimum absolute atomic E-state index is 1.13. The number of benzene rings is 1. The van der Waals surface area contributed by atoms with E-state index in [1.54, 1.807) is 0 Å². The molecule has 0 spiro atoms. The van der Waals surface area contributed by atoms with Gasteiger partial charge in [-0.15, -0.1) is 0 Å². The number of unbranched alkanes of at least 4 members (excludes halogenated alkanes) is 12. The van der Waals surface area contributed by atoms with E-state index in [9.17, 15) is 0 Å². The summed E-state index contributed by atoms with van der Waals surface area (Å²) >= 11 is 0. The van der Waals surface area contributed by atoms with Crippen molar-refractivity contribution in [1.82, 2.24) is 0 Å². The van der Waals surface area contributed by atoms with Crippen molar-refractivity contribution in [3.63, 3.8) is 0 Å². The summed E-state index contributed by atoms with van der Waals surface area (Å²) in [6, 6.07) is 11.0. The molecule has 0 aliphatic heterocycles. The summed E-state index contributed by atoms with van der Waals surface area (Å²) in [5.41, 5.74) is 1.13. The molecule has 0 atom stereocenters. The highest BCUT2D eigenvalue weighted by molar-refractivity contribution is 5.44. The molecule has 0 saturated carbocycles. The van der Waals surface area contributed by atoms with Crippen molar-refractivity contribution >= 4 is 5.69 Å². The van der Waals surface area contributed by atoms with Crippen LogP contribution in [0, 0.1) is 6.07 Å². The lowest BCUT2D eigenvalue weighted by molar-refractivity contribution is 0.545. The number of nitrogens with one attached hydrogen (secondary N) is 1. The smallest absolute Gasteiger partial charge is 0.0380 e. The molecule has 0 heterocycles. The molecule has 0 amide bonds. The van der Waals surface area contributed by atoms with Crippen LogP contribution in [0.5, 0.6) is 0 Å². The summed E-state index contributed by atoms with van der Waals surface area (Å²) in [5, 5.41) is 3.29. The van der Waals surface area contributed by atoms with E-state index in [-0.39, 0.29) is 0 Å². The van der Waals surface area contributed by atoms with E-state index in [0.717, 1.165) is 5.69 Å². The molecule has 23 heavy (non-hydrogen) atoms. The van der Waals surface area contributed by atoms with Crippen LogP contribution in [0.25, 0.3) is 0 Å². The van der Waals surface area contributed by atoms with Crippen LogP contribution >= 0.6 is 0 Å². The van der Waals surface area contributed by atoms with Gasteiger partial charge in [-0.25, -0.2) is 0 Å². The summed E-state index contributed by atoms with van der Waals surface area (Å²) in [6.45, 7) is 2.29. The fourth-order valence-corrected chi connectivity index (χ4v) is 2.82. The molecule has 1 nitrogen and oxygen atoms in total. The van der Waals surface area contributed by atoms with E-state index in [2.05, 4.69) is 30.6 Å². The van der Waals surface area contributed by atoms with Gasteiger partial charge in [-0.2, -0.15) is 0 Å². The summed E-state index contributed by atoms with van der Waals surface area (Å²) in [4.78, 5) is 0. The number of rotatable bonds is 15. The lowest BCUT2D eigenvalue weighted by atomic mass is 10.0. The highest BCUT2D eigenvalue weighted by Crippen LogP contribution is 2.12. The molecule has 1 heteroatoms. The quantitative estimate of drug-likeness (QED) is 0.330. The third-order valence-corrected chi connectivity index (χ3v) is 4.31. The molecule has 1 N–H and O–H groups in total. The maximum atomic E-state index is 3.29. The highest BCUT2D eigenvalue weighted by Gasteiger charge is 1.93. The van der Waals surface area contributed by atoms with Gasteiger partial charge in [0.2, 0.25) is 0 Å². The van der Waals surface area contributed by atoms with Gasteiger partial charge >= 0.3 is 0 Å². The molecule has 129 valence electrons. The summed E-state index contributed by atoms with van der Waals surface area (Å²) in [5.74, 6) is 0. The van der Waals surface area contributed by atoms with Crippen molar-refractivity contribution in [1.29, 1.82) is 0 Å². The number of hydrogen-bond acceptors (Lipinski definition) is 1. The number of anilines is 1. The molecular formula is C22H36N. The molecule has 0 aromatic heterocycles. The van der Waals surface area contributed by atoms with Gasteiger partial charge in [0.05, 0.1) is 0 Å². The van der Waals surface area contributed by atoms with Gasteiger partial charge < -0.3 is 5.32 Å². The van der Waals surface area contributed by atoms with E-state index in [0.29, 0.717) is 0 Å². The Labute approximate surface area is 144 Å². The molecule has 0 aliphatic carbocycles. The van der Waals surface area contributed by atoms with E-state index in [4.69, 9.17) is 0 Å². The van der Waals surface area contributed by atoms with Gasteiger partial charge in [0.1, 0.15) is 0 Å². The summed E-state index contributed by atoms with van der Waals surface area (Å²) < 4.78 is 0. The molecule has 1 aromatic carbocycles. The minimum atomic E-state index is 1.13. The van der Waals surface area contributed by atoms with Gasteiger partial charge in [-0.1, -0.05) is 95.8 Å². The van der Waals surface area contributed by atoms with E-state index in [1.165, 1.54) is 83.5 Å². The molecule has 0 fully saturated rings. The van der Waals surface area contributed by atoms with Gasteiger partial charge in [0.25, 0.3) is 0 Å². The fourth-order valence-electron chi connectivity index (χ4n) is 2.82. The molecule has 1 radical (unpaired) electrons. The molecule has 0 unspecified atom stereocenters. The number of hydrogen-bond donors (Lipinski definition) is 1. The monoisotopic (exact) mass is 314 g/mol. The first kappa shape index (κ1) is 19.8. The lowest BCUT2D eigenvalue weighted by Gasteiger charge is -2.02. The average Bonchev–Trinajstić information content (AvgIpc) is 2.59. The zero-order valence-electron chi connectivity index (χ0n) is 15.2. The second-order valence-corrected chi connectivity index (χ2v) is 6.51. The SMILES string of the molecule is CCCCCCCCCCCCCCC=CNc1cc[c]cc1. The maximum Gasteiger partial charge on any atom is 0.0380 e.